The Kier molecular flexibility index (Phi) is 5.96. The molecule has 0 N–H and O–H groups in total. The van der Waals surface area contributed by atoms with Crippen molar-refractivity contribution in [1.29, 1.82) is 0 Å². The van der Waals surface area contributed by atoms with E-state index in [1.807, 2.05) is 6.07 Å². The summed E-state index contributed by atoms with van der Waals surface area (Å²) in [5.41, 5.74) is 2.71. The third-order valence-electron chi connectivity index (χ3n) is 5.53. The molecule has 0 spiro atoms. The van der Waals surface area contributed by atoms with Gasteiger partial charge in [0.1, 0.15) is 0 Å². The maximum atomic E-state index is 6.35. The average molecular weight is 495 g/mol. The lowest BCUT2D eigenvalue weighted by molar-refractivity contribution is 0.00578. The monoisotopic (exact) mass is 493 g/mol. The Balaban J connectivity index is 2.11. The Morgan fingerprint density at radius 3 is 2.04 bits per heavy atom. The number of rotatable bonds is 4. The molecule has 27 heavy (non-hydrogen) atoms. The van der Waals surface area contributed by atoms with E-state index < -0.39 is 7.12 Å². The van der Waals surface area contributed by atoms with Gasteiger partial charge in [-0.25, -0.2) is 0 Å². The molecule has 0 saturated carbocycles. The van der Waals surface area contributed by atoms with E-state index in [-0.39, 0.29) is 17.2 Å². The molecule has 2 aromatic rings. The van der Waals surface area contributed by atoms with E-state index in [0.717, 1.165) is 14.4 Å². The van der Waals surface area contributed by atoms with Crippen LogP contribution in [0.5, 0.6) is 0 Å². The molecule has 1 aliphatic rings. The van der Waals surface area contributed by atoms with Crippen LogP contribution < -0.4 is 5.46 Å². The summed E-state index contributed by atoms with van der Waals surface area (Å²) in [5, 5.41) is 0. The van der Waals surface area contributed by atoms with Crippen LogP contribution in [0.1, 0.15) is 44.9 Å². The van der Waals surface area contributed by atoms with Crippen molar-refractivity contribution in [2.75, 3.05) is 14.1 Å². The largest absolute Gasteiger partial charge is 0.495 e. The van der Waals surface area contributed by atoms with Crippen LogP contribution in [0.4, 0.5) is 0 Å². The fourth-order valence-electron chi connectivity index (χ4n) is 3.40. The second-order valence-electron chi connectivity index (χ2n) is 8.28. The molecule has 6 heteroatoms. The van der Waals surface area contributed by atoms with Gasteiger partial charge in [0.2, 0.25) is 0 Å². The van der Waals surface area contributed by atoms with Gasteiger partial charge >= 0.3 is 7.12 Å². The lowest BCUT2D eigenvalue weighted by atomic mass is 9.73. The first-order valence-electron chi connectivity index (χ1n) is 9.09. The Labute approximate surface area is 179 Å². The van der Waals surface area contributed by atoms with E-state index in [0.29, 0.717) is 0 Å². The van der Waals surface area contributed by atoms with Crippen LogP contribution in [0, 0.1) is 0 Å². The van der Waals surface area contributed by atoms with Gasteiger partial charge in [-0.05, 0) is 82.6 Å². The lowest BCUT2D eigenvalue weighted by Crippen LogP contribution is -2.41. The minimum atomic E-state index is -0.396. The van der Waals surface area contributed by atoms with Gasteiger partial charge in [0, 0.05) is 8.95 Å². The normalized spacial score (nSPS) is 19.5. The molecule has 1 saturated heterocycles. The quantitative estimate of drug-likeness (QED) is 0.548. The number of halogens is 2. The predicted molar refractivity (Wildman–Crippen MR) is 120 cm³/mol. The molecular weight excluding hydrogens is 469 g/mol. The summed E-state index contributed by atoms with van der Waals surface area (Å²) in [6.07, 6.45) is 0. The second-order valence-corrected chi connectivity index (χ2v) is 10.1. The summed E-state index contributed by atoms with van der Waals surface area (Å²) in [6, 6.07) is 14.9. The smallest absolute Gasteiger partial charge is 0.399 e. The Morgan fingerprint density at radius 2 is 1.48 bits per heavy atom. The maximum Gasteiger partial charge on any atom is 0.495 e. The standard InChI is InChI=1S/C21H26BBr2NO2/c1-20(2)21(3,4)27-22(26-20)18-11-10-16(24)13-17(18)19(25(5)6)14-8-7-9-15(23)12-14/h7-13,19H,1-6H3/t19-/m0/s1. The van der Waals surface area contributed by atoms with Crippen LogP contribution in [0.3, 0.4) is 0 Å². The van der Waals surface area contributed by atoms with Crippen molar-refractivity contribution in [1.82, 2.24) is 4.90 Å². The highest BCUT2D eigenvalue weighted by molar-refractivity contribution is 9.10. The average Bonchev–Trinajstić information content (AvgIpc) is 2.75. The van der Waals surface area contributed by atoms with Gasteiger partial charge in [-0.3, -0.25) is 4.90 Å². The van der Waals surface area contributed by atoms with Gasteiger partial charge in [-0.15, -0.1) is 0 Å². The third kappa shape index (κ3) is 4.20. The van der Waals surface area contributed by atoms with E-state index in [9.17, 15) is 0 Å². The predicted octanol–water partition coefficient (Wildman–Crippen LogP) is 5.16. The Bertz CT molecular complexity index is 823. The van der Waals surface area contributed by atoms with E-state index in [4.69, 9.17) is 9.31 Å². The first kappa shape index (κ1) is 21.1. The van der Waals surface area contributed by atoms with Crippen molar-refractivity contribution >= 4 is 44.4 Å². The Hall–Kier alpha value is -0.655. The number of hydrogen-bond acceptors (Lipinski definition) is 3. The molecule has 0 aromatic heterocycles. The zero-order chi connectivity index (χ0) is 20.0. The van der Waals surface area contributed by atoms with Crippen molar-refractivity contribution in [3.8, 4) is 0 Å². The number of nitrogens with zero attached hydrogens (tertiary/aromatic N) is 1. The second kappa shape index (κ2) is 7.64. The van der Waals surface area contributed by atoms with Gasteiger partial charge in [0.25, 0.3) is 0 Å². The highest BCUT2D eigenvalue weighted by Crippen LogP contribution is 2.38. The molecule has 144 valence electrons. The highest BCUT2D eigenvalue weighted by atomic mass is 79.9. The number of benzene rings is 2. The van der Waals surface area contributed by atoms with Crippen molar-refractivity contribution in [2.24, 2.45) is 0 Å². The molecule has 0 radical (unpaired) electrons. The summed E-state index contributed by atoms with van der Waals surface area (Å²) in [7, 11) is 3.80. The summed E-state index contributed by atoms with van der Waals surface area (Å²) >= 11 is 7.25. The van der Waals surface area contributed by atoms with E-state index >= 15 is 0 Å². The molecule has 1 atom stereocenters. The van der Waals surface area contributed by atoms with Crippen molar-refractivity contribution in [3.05, 3.63) is 62.5 Å². The molecule has 1 heterocycles. The van der Waals surface area contributed by atoms with Crippen molar-refractivity contribution in [3.63, 3.8) is 0 Å². The van der Waals surface area contributed by atoms with Crippen LogP contribution in [0.2, 0.25) is 0 Å². The molecule has 3 nitrogen and oxygen atoms in total. The molecule has 1 fully saturated rings. The minimum Gasteiger partial charge on any atom is -0.399 e. The number of hydrogen-bond donors (Lipinski definition) is 0. The van der Waals surface area contributed by atoms with Gasteiger partial charge in [0.05, 0.1) is 17.2 Å². The molecule has 1 aliphatic heterocycles. The maximum absolute atomic E-state index is 6.35. The van der Waals surface area contributed by atoms with E-state index in [2.05, 4.69) is 115 Å². The SMILES string of the molecule is CN(C)[C@@H](c1cccc(Br)c1)c1cc(Br)ccc1B1OC(C)(C)C(C)(C)O1. The van der Waals surface area contributed by atoms with E-state index in [1.54, 1.807) is 0 Å². The van der Waals surface area contributed by atoms with Crippen LogP contribution in [0.25, 0.3) is 0 Å². The Morgan fingerprint density at radius 1 is 0.889 bits per heavy atom. The van der Waals surface area contributed by atoms with Crippen LogP contribution >= 0.6 is 31.9 Å². The summed E-state index contributed by atoms with van der Waals surface area (Å²) < 4.78 is 14.8. The molecule has 0 unspecified atom stereocenters. The first-order valence-corrected chi connectivity index (χ1v) is 10.7. The topological polar surface area (TPSA) is 21.7 Å². The molecular formula is C21H26BBr2NO2. The van der Waals surface area contributed by atoms with Gasteiger partial charge in [-0.1, -0.05) is 50.1 Å². The fourth-order valence-corrected chi connectivity index (χ4v) is 4.20. The molecule has 0 aliphatic carbocycles. The molecule has 3 rings (SSSR count). The van der Waals surface area contributed by atoms with Crippen molar-refractivity contribution in [2.45, 2.75) is 44.9 Å². The van der Waals surface area contributed by atoms with Gasteiger partial charge in [-0.2, -0.15) is 0 Å². The summed E-state index contributed by atoms with van der Waals surface area (Å²) in [4.78, 5) is 2.22. The summed E-state index contributed by atoms with van der Waals surface area (Å²) in [5.74, 6) is 0. The first-order chi connectivity index (χ1) is 12.5. The molecule has 0 amide bonds. The van der Waals surface area contributed by atoms with Crippen molar-refractivity contribution < 1.29 is 9.31 Å². The zero-order valence-electron chi connectivity index (χ0n) is 16.7. The molecule has 0 bridgehead atoms. The molecule has 2 aromatic carbocycles. The van der Waals surface area contributed by atoms with Crippen LogP contribution in [-0.4, -0.2) is 37.3 Å². The highest BCUT2D eigenvalue weighted by Gasteiger charge is 2.52. The van der Waals surface area contributed by atoms with E-state index in [1.165, 1.54) is 11.1 Å². The van der Waals surface area contributed by atoms with Gasteiger partial charge < -0.3 is 9.31 Å². The third-order valence-corrected chi connectivity index (χ3v) is 6.52. The zero-order valence-corrected chi connectivity index (χ0v) is 19.9. The lowest BCUT2D eigenvalue weighted by Gasteiger charge is -2.32. The van der Waals surface area contributed by atoms with Crippen LogP contribution in [-0.2, 0) is 9.31 Å². The minimum absolute atomic E-state index is 0.0778. The fraction of sp³-hybridized carbons (Fsp3) is 0.429. The van der Waals surface area contributed by atoms with Gasteiger partial charge in [0.15, 0.2) is 0 Å². The van der Waals surface area contributed by atoms with Crippen LogP contribution in [0.15, 0.2) is 51.4 Å². The summed E-state index contributed by atoms with van der Waals surface area (Å²) in [6.45, 7) is 8.35.